The lowest BCUT2D eigenvalue weighted by molar-refractivity contribution is -0.139. The van der Waals surface area contributed by atoms with Crippen LogP contribution in [0, 0.1) is 6.92 Å². The summed E-state index contributed by atoms with van der Waals surface area (Å²) in [4.78, 5) is 11.4. The van der Waals surface area contributed by atoms with Gasteiger partial charge in [0.2, 0.25) is 0 Å². The molecule has 1 N–H and O–H groups in total. The van der Waals surface area contributed by atoms with Crippen LogP contribution < -0.4 is 0 Å². The normalized spacial score (nSPS) is 11.3. The van der Waals surface area contributed by atoms with Crippen LogP contribution in [-0.2, 0) is 9.53 Å². The monoisotopic (exact) mass is 220 g/mol. The first-order valence-corrected chi connectivity index (χ1v) is 5.16. The molecule has 0 fully saturated rings. The Bertz CT molecular complexity index is 377. The summed E-state index contributed by atoms with van der Waals surface area (Å²) in [5, 5.41) is 8.52. The van der Waals surface area contributed by atoms with Crippen molar-refractivity contribution in [1.29, 1.82) is 0 Å². The van der Waals surface area contributed by atoms with Crippen LogP contribution in [0.15, 0.2) is 29.8 Å². The van der Waals surface area contributed by atoms with Gasteiger partial charge in [0.25, 0.3) is 0 Å². The molecule has 0 unspecified atom stereocenters. The summed E-state index contributed by atoms with van der Waals surface area (Å²) in [6, 6.07) is 7.85. The van der Waals surface area contributed by atoms with Gasteiger partial charge in [-0.15, -0.1) is 0 Å². The van der Waals surface area contributed by atoms with E-state index < -0.39 is 5.97 Å². The van der Waals surface area contributed by atoms with Crippen LogP contribution in [0.1, 0.15) is 18.1 Å². The lowest BCUT2D eigenvalue weighted by Crippen LogP contribution is -2.09. The lowest BCUT2D eigenvalue weighted by Gasteiger charge is -2.02. The number of esters is 1. The van der Waals surface area contributed by atoms with Crippen molar-refractivity contribution in [3.8, 4) is 0 Å². The third-order valence-corrected chi connectivity index (χ3v) is 2.11. The summed E-state index contributed by atoms with van der Waals surface area (Å²) >= 11 is 0. The first-order chi connectivity index (χ1) is 7.63. The molecule has 3 heteroatoms. The largest absolute Gasteiger partial charge is 0.460 e. The van der Waals surface area contributed by atoms with Gasteiger partial charge >= 0.3 is 5.97 Å². The Hall–Kier alpha value is -1.61. The molecule has 0 aromatic heterocycles. The predicted octanol–water partition coefficient (Wildman–Crippen LogP) is 1.93. The van der Waals surface area contributed by atoms with Gasteiger partial charge in [-0.05, 0) is 25.5 Å². The van der Waals surface area contributed by atoms with Crippen molar-refractivity contribution in [2.45, 2.75) is 13.8 Å². The van der Waals surface area contributed by atoms with Crippen LogP contribution in [0.5, 0.6) is 0 Å². The molecule has 0 aliphatic carbocycles. The van der Waals surface area contributed by atoms with Crippen molar-refractivity contribution in [3.63, 3.8) is 0 Å². The second-order valence-corrected chi connectivity index (χ2v) is 3.60. The number of aliphatic hydroxyl groups excluding tert-OH is 1. The maximum Gasteiger partial charge on any atom is 0.333 e. The highest BCUT2D eigenvalue weighted by atomic mass is 16.5. The Morgan fingerprint density at radius 1 is 1.38 bits per heavy atom. The molecule has 3 nitrogen and oxygen atoms in total. The Labute approximate surface area is 95.4 Å². The fourth-order valence-electron chi connectivity index (χ4n) is 1.22. The summed E-state index contributed by atoms with van der Waals surface area (Å²) in [5.41, 5.74) is 2.67. The first kappa shape index (κ1) is 12.5. The molecule has 0 atom stereocenters. The molecular formula is C13H16O3. The van der Waals surface area contributed by atoms with Crippen molar-refractivity contribution in [2.75, 3.05) is 13.2 Å². The number of aryl methyl sites for hydroxylation is 1. The number of rotatable bonds is 4. The second-order valence-electron chi connectivity index (χ2n) is 3.60. The van der Waals surface area contributed by atoms with Crippen LogP contribution in [0.25, 0.3) is 6.08 Å². The lowest BCUT2D eigenvalue weighted by atomic mass is 10.1. The minimum atomic E-state index is -0.394. The first-order valence-electron chi connectivity index (χ1n) is 5.16. The van der Waals surface area contributed by atoms with Gasteiger partial charge < -0.3 is 9.84 Å². The molecule has 0 saturated heterocycles. The summed E-state index contributed by atoms with van der Waals surface area (Å²) in [6.07, 6.45) is 1.76. The zero-order valence-electron chi connectivity index (χ0n) is 9.56. The zero-order valence-corrected chi connectivity index (χ0v) is 9.56. The molecule has 1 rings (SSSR count). The molecule has 1 aromatic carbocycles. The van der Waals surface area contributed by atoms with E-state index in [2.05, 4.69) is 0 Å². The maximum absolute atomic E-state index is 11.4. The van der Waals surface area contributed by atoms with E-state index in [1.54, 1.807) is 13.0 Å². The molecule has 16 heavy (non-hydrogen) atoms. The van der Waals surface area contributed by atoms with Crippen molar-refractivity contribution >= 4 is 12.0 Å². The Balaban J connectivity index is 2.68. The number of hydrogen-bond donors (Lipinski definition) is 1. The highest BCUT2D eigenvalue weighted by molar-refractivity contribution is 5.92. The molecule has 0 aliphatic heterocycles. The molecule has 0 heterocycles. The average molecular weight is 220 g/mol. The van der Waals surface area contributed by atoms with Crippen LogP contribution in [0.4, 0.5) is 0 Å². The quantitative estimate of drug-likeness (QED) is 0.623. The zero-order chi connectivity index (χ0) is 12.0. The molecule has 0 bridgehead atoms. The van der Waals surface area contributed by atoms with E-state index in [9.17, 15) is 4.79 Å². The molecule has 0 amide bonds. The van der Waals surface area contributed by atoms with Crippen LogP contribution in [0.3, 0.4) is 0 Å². The highest BCUT2D eigenvalue weighted by Crippen LogP contribution is 2.09. The molecule has 0 spiro atoms. The van der Waals surface area contributed by atoms with Gasteiger partial charge in [0.05, 0.1) is 6.61 Å². The summed E-state index contributed by atoms with van der Waals surface area (Å²) in [7, 11) is 0. The van der Waals surface area contributed by atoms with Crippen LogP contribution >= 0.6 is 0 Å². The molecule has 0 saturated carbocycles. The molecular weight excluding hydrogens is 204 g/mol. The van der Waals surface area contributed by atoms with Gasteiger partial charge in [-0.25, -0.2) is 4.79 Å². The topological polar surface area (TPSA) is 46.5 Å². The van der Waals surface area contributed by atoms with Gasteiger partial charge in [0.15, 0.2) is 0 Å². The number of carbonyl (C=O) groups is 1. The third kappa shape index (κ3) is 3.87. The molecule has 0 radical (unpaired) electrons. The number of ether oxygens (including phenoxy) is 1. The van der Waals surface area contributed by atoms with Gasteiger partial charge in [0, 0.05) is 5.57 Å². The van der Waals surface area contributed by atoms with Crippen molar-refractivity contribution in [3.05, 3.63) is 41.0 Å². The van der Waals surface area contributed by atoms with Crippen LogP contribution in [0.2, 0.25) is 0 Å². The Morgan fingerprint density at radius 3 is 2.56 bits per heavy atom. The highest BCUT2D eigenvalue weighted by Gasteiger charge is 2.04. The van der Waals surface area contributed by atoms with E-state index in [1.165, 1.54) is 5.56 Å². The van der Waals surface area contributed by atoms with Gasteiger partial charge in [-0.1, -0.05) is 29.8 Å². The minimum Gasteiger partial charge on any atom is -0.460 e. The van der Waals surface area contributed by atoms with Crippen molar-refractivity contribution in [1.82, 2.24) is 0 Å². The van der Waals surface area contributed by atoms with E-state index >= 15 is 0 Å². The number of benzene rings is 1. The molecule has 0 aliphatic rings. The average Bonchev–Trinajstić information content (AvgIpc) is 2.29. The maximum atomic E-state index is 11.4. The second kappa shape index (κ2) is 6.08. The third-order valence-electron chi connectivity index (χ3n) is 2.11. The fraction of sp³-hybridized carbons (Fsp3) is 0.308. The van der Waals surface area contributed by atoms with Crippen molar-refractivity contribution in [2.24, 2.45) is 0 Å². The van der Waals surface area contributed by atoms with E-state index in [-0.39, 0.29) is 13.2 Å². The smallest absolute Gasteiger partial charge is 0.333 e. The molecule has 86 valence electrons. The van der Waals surface area contributed by atoms with E-state index in [0.29, 0.717) is 5.57 Å². The number of hydrogen-bond acceptors (Lipinski definition) is 3. The fourth-order valence-corrected chi connectivity index (χ4v) is 1.22. The Morgan fingerprint density at radius 2 is 2.00 bits per heavy atom. The van der Waals surface area contributed by atoms with E-state index in [4.69, 9.17) is 9.84 Å². The van der Waals surface area contributed by atoms with Gasteiger partial charge in [-0.2, -0.15) is 0 Å². The summed E-state index contributed by atoms with van der Waals surface area (Å²) in [5.74, 6) is -0.394. The van der Waals surface area contributed by atoms with Crippen molar-refractivity contribution < 1.29 is 14.6 Å². The van der Waals surface area contributed by atoms with Gasteiger partial charge in [0.1, 0.15) is 6.61 Å². The standard InChI is InChI=1S/C13H16O3/c1-10-3-5-12(6-4-10)9-11(2)13(15)16-8-7-14/h3-6,9,14H,7-8H2,1-2H3. The summed E-state index contributed by atoms with van der Waals surface area (Å²) < 4.78 is 4.79. The van der Waals surface area contributed by atoms with E-state index in [1.807, 2.05) is 31.2 Å². The number of carbonyl (C=O) groups excluding carboxylic acids is 1. The molecule has 1 aromatic rings. The summed E-state index contributed by atoms with van der Waals surface area (Å²) in [6.45, 7) is 3.59. The van der Waals surface area contributed by atoms with E-state index in [0.717, 1.165) is 5.56 Å². The van der Waals surface area contributed by atoms with Crippen LogP contribution in [-0.4, -0.2) is 24.3 Å². The minimum absolute atomic E-state index is 0.0396. The predicted molar refractivity (Wildman–Crippen MR) is 62.9 cm³/mol. The van der Waals surface area contributed by atoms with Gasteiger partial charge in [-0.3, -0.25) is 0 Å². The number of aliphatic hydroxyl groups is 1. The Kier molecular flexibility index (Phi) is 4.73. The SMILES string of the molecule is CC(=Cc1ccc(C)cc1)C(=O)OCCO.